The van der Waals surface area contributed by atoms with Crippen LogP contribution in [0.15, 0.2) is 35.3 Å². The minimum atomic E-state index is -0.384. The number of benzene rings is 1. The van der Waals surface area contributed by atoms with Crippen LogP contribution in [0.3, 0.4) is 0 Å². The molecule has 7 heteroatoms. The smallest absolute Gasteiger partial charge is 0.225 e. The molecule has 1 aromatic heterocycles. The number of aryl methyl sites for hydroxylation is 2. The van der Waals surface area contributed by atoms with E-state index in [4.69, 9.17) is 4.99 Å². The van der Waals surface area contributed by atoms with Crippen molar-refractivity contribution in [1.82, 2.24) is 25.7 Å². The molecule has 0 atom stereocenters. The highest BCUT2D eigenvalue weighted by Gasteiger charge is 2.20. The van der Waals surface area contributed by atoms with Crippen molar-refractivity contribution in [1.29, 1.82) is 0 Å². The van der Waals surface area contributed by atoms with Crippen LogP contribution in [-0.4, -0.2) is 41.3 Å². The summed E-state index contributed by atoms with van der Waals surface area (Å²) in [6.07, 6.45) is 0. The van der Waals surface area contributed by atoms with Gasteiger partial charge in [0.05, 0.1) is 17.9 Å². The summed E-state index contributed by atoms with van der Waals surface area (Å²) in [5.74, 6) is 0.765. The second-order valence-corrected chi connectivity index (χ2v) is 8.10. The number of carbonyl (C=O) groups excluding carboxylic acids is 1. The first-order valence-corrected chi connectivity index (χ1v) is 10.1. The number of hydrogen-bond acceptors (Lipinski definition) is 3. The molecule has 0 bridgehead atoms. The van der Waals surface area contributed by atoms with Crippen molar-refractivity contribution in [3.8, 4) is 5.69 Å². The summed E-state index contributed by atoms with van der Waals surface area (Å²) in [5, 5.41) is 14.1. The first-order chi connectivity index (χ1) is 13.7. The van der Waals surface area contributed by atoms with E-state index in [0.29, 0.717) is 19.6 Å². The Balaban J connectivity index is 2.04. The predicted octanol–water partition coefficient (Wildman–Crippen LogP) is 2.71. The van der Waals surface area contributed by atoms with Crippen LogP contribution < -0.4 is 16.0 Å². The van der Waals surface area contributed by atoms with E-state index in [1.54, 1.807) is 0 Å². The number of rotatable bonds is 7. The number of para-hydroxylation sites is 1. The van der Waals surface area contributed by atoms with Gasteiger partial charge in [-0.1, -0.05) is 39.0 Å². The number of nitrogens with zero attached hydrogens (tertiary/aromatic N) is 3. The molecule has 7 nitrogen and oxygen atoms in total. The van der Waals surface area contributed by atoms with Gasteiger partial charge >= 0.3 is 0 Å². The summed E-state index contributed by atoms with van der Waals surface area (Å²) in [4.78, 5) is 16.7. The van der Waals surface area contributed by atoms with Gasteiger partial charge in [0, 0.05) is 30.7 Å². The van der Waals surface area contributed by atoms with Crippen molar-refractivity contribution < 1.29 is 4.79 Å². The molecule has 2 aromatic rings. The highest BCUT2D eigenvalue weighted by atomic mass is 16.2. The Morgan fingerprint density at radius 2 is 1.79 bits per heavy atom. The van der Waals surface area contributed by atoms with Gasteiger partial charge in [-0.2, -0.15) is 5.10 Å². The molecule has 0 saturated heterocycles. The second kappa shape index (κ2) is 10.1. The lowest BCUT2D eigenvalue weighted by Gasteiger charge is -2.18. The van der Waals surface area contributed by atoms with Gasteiger partial charge in [-0.05, 0) is 38.5 Å². The van der Waals surface area contributed by atoms with Crippen molar-refractivity contribution in [2.75, 3.05) is 19.6 Å². The maximum atomic E-state index is 12.0. The van der Waals surface area contributed by atoms with Crippen LogP contribution in [0, 0.1) is 19.3 Å². The number of aromatic nitrogens is 2. The van der Waals surface area contributed by atoms with Crippen LogP contribution in [0.25, 0.3) is 5.69 Å². The summed E-state index contributed by atoms with van der Waals surface area (Å²) < 4.78 is 1.96. The van der Waals surface area contributed by atoms with Gasteiger partial charge in [0.2, 0.25) is 5.91 Å². The van der Waals surface area contributed by atoms with Gasteiger partial charge in [0.1, 0.15) is 0 Å². The molecule has 0 aliphatic heterocycles. The third-order valence-corrected chi connectivity index (χ3v) is 4.37. The predicted molar refractivity (Wildman–Crippen MR) is 118 cm³/mol. The summed E-state index contributed by atoms with van der Waals surface area (Å²) in [5.41, 5.74) is 3.84. The fourth-order valence-electron chi connectivity index (χ4n) is 2.85. The minimum absolute atomic E-state index is 0.0417. The molecule has 0 aliphatic carbocycles. The molecule has 0 aliphatic rings. The molecule has 2 rings (SSSR count). The third-order valence-electron chi connectivity index (χ3n) is 4.37. The molecular weight excluding hydrogens is 364 g/mol. The van der Waals surface area contributed by atoms with Gasteiger partial charge in [-0.3, -0.25) is 4.79 Å². The highest BCUT2D eigenvalue weighted by molar-refractivity contribution is 5.82. The lowest BCUT2D eigenvalue weighted by molar-refractivity contribution is -0.128. The van der Waals surface area contributed by atoms with Crippen molar-refractivity contribution >= 4 is 11.9 Å². The van der Waals surface area contributed by atoms with Crippen molar-refractivity contribution in [2.45, 2.75) is 48.1 Å². The first-order valence-electron chi connectivity index (χ1n) is 10.1. The number of hydrogen-bond donors (Lipinski definition) is 3. The SMILES string of the molecule is CCNC(=NCc1ccccc1-n1nc(C)cc1C)NCCNC(=O)C(C)(C)C. The largest absolute Gasteiger partial charge is 0.357 e. The van der Waals surface area contributed by atoms with Crippen LogP contribution in [0.4, 0.5) is 0 Å². The molecule has 29 heavy (non-hydrogen) atoms. The summed E-state index contributed by atoms with van der Waals surface area (Å²) in [7, 11) is 0. The lowest BCUT2D eigenvalue weighted by atomic mass is 9.96. The van der Waals surface area contributed by atoms with E-state index in [-0.39, 0.29) is 11.3 Å². The number of aliphatic imine (C=N–C) groups is 1. The highest BCUT2D eigenvalue weighted by Crippen LogP contribution is 2.17. The van der Waals surface area contributed by atoms with Gasteiger partial charge in [0.15, 0.2) is 5.96 Å². The van der Waals surface area contributed by atoms with Crippen LogP contribution in [0.2, 0.25) is 0 Å². The number of amides is 1. The molecule has 0 radical (unpaired) electrons. The molecule has 1 heterocycles. The molecule has 3 N–H and O–H groups in total. The number of carbonyl (C=O) groups is 1. The topological polar surface area (TPSA) is 83.3 Å². The minimum Gasteiger partial charge on any atom is -0.357 e. The standard InChI is InChI=1S/C22H34N6O/c1-7-23-21(25-13-12-24-20(29)22(4,5)6)26-15-18-10-8-9-11-19(18)28-17(3)14-16(2)27-28/h8-11,14H,7,12-13,15H2,1-6H3,(H,24,29)(H2,23,25,26). The van der Waals surface area contributed by atoms with Gasteiger partial charge in [-0.15, -0.1) is 0 Å². The molecule has 0 unspecified atom stereocenters. The van der Waals surface area contributed by atoms with E-state index in [1.165, 1.54) is 0 Å². The maximum Gasteiger partial charge on any atom is 0.225 e. The Hall–Kier alpha value is -2.83. The zero-order valence-corrected chi connectivity index (χ0v) is 18.5. The van der Waals surface area contributed by atoms with E-state index in [2.05, 4.69) is 46.2 Å². The van der Waals surface area contributed by atoms with E-state index in [1.807, 2.05) is 51.4 Å². The van der Waals surface area contributed by atoms with E-state index >= 15 is 0 Å². The van der Waals surface area contributed by atoms with Crippen molar-refractivity contribution in [3.05, 3.63) is 47.3 Å². The van der Waals surface area contributed by atoms with Crippen LogP contribution in [0.1, 0.15) is 44.6 Å². The molecular formula is C22H34N6O. The Labute approximate surface area is 174 Å². The average Bonchev–Trinajstić information content (AvgIpc) is 3.00. The normalized spacial score (nSPS) is 12.0. The van der Waals surface area contributed by atoms with E-state index in [0.717, 1.165) is 35.1 Å². The van der Waals surface area contributed by atoms with E-state index in [9.17, 15) is 4.79 Å². The van der Waals surface area contributed by atoms with Gasteiger partial charge in [-0.25, -0.2) is 9.67 Å². The molecule has 1 aromatic carbocycles. The molecule has 0 saturated carbocycles. The quantitative estimate of drug-likeness (QED) is 0.380. The fourth-order valence-corrected chi connectivity index (χ4v) is 2.85. The summed E-state index contributed by atoms with van der Waals surface area (Å²) >= 11 is 0. The molecule has 1 amide bonds. The summed E-state index contributed by atoms with van der Waals surface area (Å²) in [6.45, 7) is 14.2. The lowest BCUT2D eigenvalue weighted by Crippen LogP contribution is -2.43. The molecule has 158 valence electrons. The monoisotopic (exact) mass is 398 g/mol. The number of guanidine groups is 1. The van der Waals surface area contributed by atoms with Gasteiger partial charge < -0.3 is 16.0 Å². The Kier molecular flexibility index (Phi) is 7.82. The summed E-state index contributed by atoms with van der Waals surface area (Å²) in [6, 6.07) is 10.2. The third kappa shape index (κ3) is 6.62. The first kappa shape index (κ1) is 22.5. The Morgan fingerprint density at radius 3 is 2.41 bits per heavy atom. The van der Waals surface area contributed by atoms with Crippen molar-refractivity contribution in [2.24, 2.45) is 10.4 Å². The molecule has 0 fully saturated rings. The Bertz CT molecular complexity index is 847. The van der Waals surface area contributed by atoms with Crippen LogP contribution >= 0.6 is 0 Å². The fraction of sp³-hybridized carbons (Fsp3) is 0.500. The van der Waals surface area contributed by atoms with Crippen LogP contribution in [0.5, 0.6) is 0 Å². The van der Waals surface area contributed by atoms with Crippen molar-refractivity contribution in [3.63, 3.8) is 0 Å². The Morgan fingerprint density at radius 1 is 1.10 bits per heavy atom. The van der Waals surface area contributed by atoms with Crippen LogP contribution in [-0.2, 0) is 11.3 Å². The maximum absolute atomic E-state index is 12.0. The number of nitrogens with one attached hydrogen (secondary N) is 3. The zero-order chi connectivity index (χ0) is 21.4. The second-order valence-electron chi connectivity index (χ2n) is 8.10. The van der Waals surface area contributed by atoms with Gasteiger partial charge in [0.25, 0.3) is 0 Å². The van der Waals surface area contributed by atoms with E-state index < -0.39 is 0 Å². The zero-order valence-electron chi connectivity index (χ0n) is 18.5. The average molecular weight is 399 g/mol. The molecule has 0 spiro atoms.